The second-order valence-corrected chi connectivity index (χ2v) is 9.31. The van der Waals surface area contributed by atoms with Gasteiger partial charge < -0.3 is 10.2 Å². The van der Waals surface area contributed by atoms with Crippen molar-refractivity contribution in [3.63, 3.8) is 0 Å². The lowest BCUT2D eigenvalue weighted by atomic mass is 10.1. The molecule has 0 radical (unpaired) electrons. The predicted molar refractivity (Wildman–Crippen MR) is 117 cm³/mol. The number of carbonyl (C=O) groups is 1. The van der Waals surface area contributed by atoms with E-state index in [4.69, 9.17) is 0 Å². The van der Waals surface area contributed by atoms with E-state index >= 15 is 0 Å². The van der Waals surface area contributed by atoms with Crippen molar-refractivity contribution >= 4 is 33.1 Å². The Morgan fingerprint density at radius 3 is 2.63 bits per heavy atom. The van der Waals surface area contributed by atoms with Crippen molar-refractivity contribution in [2.75, 3.05) is 16.8 Å². The number of nitrogens with zero attached hydrogens (tertiary/aromatic N) is 2. The molecule has 0 aromatic heterocycles. The first-order valence-electron chi connectivity index (χ1n) is 10.0. The zero-order chi connectivity index (χ0) is 21.9. The van der Waals surface area contributed by atoms with Crippen molar-refractivity contribution in [1.82, 2.24) is 0 Å². The van der Waals surface area contributed by atoms with E-state index < -0.39 is 21.7 Å². The predicted octanol–water partition coefficient (Wildman–Crippen LogP) is 4.83. The summed E-state index contributed by atoms with van der Waals surface area (Å²) in [6, 6.07) is 10.1. The maximum absolute atomic E-state index is 13.4. The standard InChI is InChI=1S/C22H26FN3O3S/c1-4-5-11-26-19-10-9-18(24-22(27)16-7-6-8-17(23)13-16)14-20(19)30(28,29)25-21(26)12-15(2)3/h6-10,13-15H,4-5,11-12H2,1-3H3,(H,24,27). The van der Waals surface area contributed by atoms with Crippen LogP contribution in [-0.4, -0.2) is 26.7 Å². The van der Waals surface area contributed by atoms with Crippen molar-refractivity contribution < 1.29 is 17.6 Å². The Bertz CT molecular complexity index is 1080. The number of hydrogen-bond donors (Lipinski definition) is 1. The molecule has 0 fully saturated rings. The molecule has 0 spiro atoms. The van der Waals surface area contributed by atoms with Crippen molar-refractivity contribution in [2.24, 2.45) is 10.3 Å². The highest BCUT2D eigenvalue weighted by atomic mass is 32.2. The highest BCUT2D eigenvalue weighted by Crippen LogP contribution is 2.35. The molecule has 2 aromatic rings. The average Bonchev–Trinajstić information content (AvgIpc) is 2.67. The molecule has 1 aliphatic heterocycles. The molecule has 0 aliphatic carbocycles. The molecule has 1 amide bonds. The third-order valence-electron chi connectivity index (χ3n) is 4.74. The van der Waals surface area contributed by atoms with Gasteiger partial charge in [0.2, 0.25) is 0 Å². The monoisotopic (exact) mass is 431 g/mol. The third kappa shape index (κ3) is 4.87. The van der Waals surface area contributed by atoms with E-state index in [1.807, 2.05) is 18.7 Å². The Balaban J connectivity index is 1.95. The molecule has 1 heterocycles. The molecule has 160 valence electrons. The highest BCUT2D eigenvalue weighted by Gasteiger charge is 2.31. The molecular weight excluding hydrogens is 405 g/mol. The van der Waals surface area contributed by atoms with Crippen LogP contribution in [0.2, 0.25) is 0 Å². The first-order valence-corrected chi connectivity index (χ1v) is 11.5. The molecule has 30 heavy (non-hydrogen) atoms. The molecule has 0 bridgehead atoms. The number of nitrogens with one attached hydrogen (secondary N) is 1. The van der Waals surface area contributed by atoms with Crippen LogP contribution in [0, 0.1) is 11.7 Å². The van der Waals surface area contributed by atoms with Gasteiger partial charge in [0.1, 0.15) is 16.5 Å². The van der Waals surface area contributed by atoms with Crippen LogP contribution < -0.4 is 10.2 Å². The number of unbranched alkanes of at least 4 members (excludes halogenated alkanes) is 1. The van der Waals surface area contributed by atoms with Gasteiger partial charge in [0, 0.05) is 24.2 Å². The normalized spacial score (nSPS) is 15.0. The number of amides is 1. The molecule has 8 heteroatoms. The van der Waals surface area contributed by atoms with Gasteiger partial charge in [-0.2, -0.15) is 8.42 Å². The lowest BCUT2D eigenvalue weighted by Gasteiger charge is -2.32. The molecule has 1 aliphatic rings. The topological polar surface area (TPSA) is 78.8 Å². The summed E-state index contributed by atoms with van der Waals surface area (Å²) in [7, 11) is -3.89. The summed E-state index contributed by atoms with van der Waals surface area (Å²) in [5, 5.41) is 2.64. The first kappa shape index (κ1) is 22.0. The summed E-state index contributed by atoms with van der Waals surface area (Å²) < 4.78 is 43.2. The molecule has 2 aromatic carbocycles. The summed E-state index contributed by atoms with van der Waals surface area (Å²) >= 11 is 0. The summed E-state index contributed by atoms with van der Waals surface area (Å²) in [5.74, 6) is -0.235. The number of anilines is 2. The lowest BCUT2D eigenvalue weighted by Crippen LogP contribution is -2.37. The number of carbonyl (C=O) groups excluding carboxylic acids is 1. The smallest absolute Gasteiger partial charge is 0.286 e. The molecule has 6 nitrogen and oxygen atoms in total. The first-order chi connectivity index (χ1) is 14.2. The van der Waals surface area contributed by atoms with E-state index in [1.54, 1.807) is 12.1 Å². The Kier molecular flexibility index (Phi) is 6.55. The highest BCUT2D eigenvalue weighted by molar-refractivity contribution is 7.90. The van der Waals surface area contributed by atoms with E-state index in [0.717, 1.165) is 18.9 Å². The van der Waals surface area contributed by atoms with E-state index in [9.17, 15) is 17.6 Å². The maximum atomic E-state index is 13.4. The number of sulfonamides is 1. The number of hydrogen-bond acceptors (Lipinski definition) is 4. The van der Waals surface area contributed by atoms with Crippen LogP contribution in [0.25, 0.3) is 0 Å². The zero-order valence-corrected chi connectivity index (χ0v) is 18.2. The van der Waals surface area contributed by atoms with Gasteiger partial charge in [-0.3, -0.25) is 4.79 Å². The maximum Gasteiger partial charge on any atom is 0.286 e. The Morgan fingerprint density at radius 2 is 1.97 bits per heavy atom. The van der Waals surface area contributed by atoms with Gasteiger partial charge in [-0.05, 0) is 48.7 Å². The Morgan fingerprint density at radius 1 is 1.20 bits per heavy atom. The molecule has 0 atom stereocenters. The number of halogens is 1. The van der Waals surface area contributed by atoms with Crippen LogP contribution >= 0.6 is 0 Å². The zero-order valence-electron chi connectivity index (χ0n) is 17.4. The molecule has 1 N–H and O–H groups in total. The number of amidine groups is 1. The largest absolute Gasteiger partial charge is 0.328 e. The fourth-order valence-electron chi connectivity index (χ4n) is 3.31. The Labute approximate surface area is 176 Å². The van der Waals surface area contributed by atoms with Crippen molar-refractivity contribution in [1.29, 1.82) is 0 Å². The van der Waals surface area contributed by atoms with Gasteiger partial charge in [0.25, 0.3) is 15.9 Å². The second-order valence-electron chi connectivity index (χ2n) is 7.73. The third-order valence-corrected chi connectivity index (χ3v) is 6.07. The van der Waals surface area contributed by atoms with Crippen molar-refractivity contribution in [3.8, 4) is 0 Å². The van der Waals surface area contributed by atoms with Crippen LogP contribution in [0.1, 0.15) is 50.4 Å². The van der Waals surface area contributed by atoms with Crippen molar-refractivity contribution in [3.05, 3.63) is 53.8 Å². The molecule has 0 unspecified atom stereocenters. The van der Waals surface area contributed by atoms with Crippen LogP contribution in [0.15, 0.2) is 51.8 Å². The van der Waals surface area contributed by atoms with Gasteiger partial charge in [0.05, 0.1) is 5.69 Å². The molecule has 0 saturated heterocycles. The molecule has 0 saturated carbocycles. The summed E-state index contributed by atoms with van der Waals surface area (Å²) in [6.45, 7) is 6.78. The van der Waals surface area contributed by atoms with E-state index in [2.05, 4.69) is 16.6 Å². The van der Waals surface area contributed by atoms with Crippen LogP contribution in [0.4, 0.5) is 15.8 Å². The van der Waals surface area contributed by atoms with E-state index in [-0.39, 0.29) is 16.4 Å². The Hall–Kier alpha value is -2.74. The van der Waals surface area contributed by atoms with Crippen LogP contribution in [0.3, 0.4) is 0 Å². The number of rotatable bonds is 7. The lowest BCUT2D eigenvalue weighted by molar-refractivity contribution is 0.102. The van der Waals surface area contributed by atoms with Gasteiger partial charge >= 0.3 is 0 Å². The summed E-state index contributed by atoms with van der Waals surface area (Å²) in [4.78, 5) is 14.4. The summed E-state index contributed by atoms with van der Waals surface area (Å²) in [5.41, 5.74) is 1.03. The van der Waals surface area contributed by atoms with Gasteiger partial charge in [0.15, 0.2) is 0 Å². The fourth-order valence-corrected chi connectivity index (χ4v) is 4.58. The van der Waals surface area contributed by atoms with Crippen LogP contribution in [0.5, 0.6) is 0 Å². The van der Waals surface area contributed by atoms with E-state index in [0.29, 0.717) is 30.2 Å². The van der Waals surface area contributed by atoms with Gasteiger partial charge in [-0.15, -0.1) is 4.40 Å². The SMILES string of the molecule is CCCCN1C(CC(C)C)=NS(=O)(=O)c2cc(NC(=O)c3cccc(F)c3)ccc21. The van der Waals surface area contributed by atoms with Crippen LogP contribution in [-0.2, 0) is 10.0 Å². The molecular formula is C22H26FN3O3S. The van der Waals surface area contributed by atoms with Crippen molar-refractivity contribution in [2.45, 2.75) is 44.9 Å². The number of fused-ring (bicyclic) bond motifs is 1. The van der Waals surface area contributed by atoms with Gasteiger partial charge in [-0.25, -0.2) is 4.39 Å². The fraction of sp³-hybridized carbons (Fsp3) is 0.364. The number of benzene rings is 2. The minimum absolute atomic E-state index is 0.0585. The minimum Gasteiger partial charge on any atom is -0.328 e. The van der Waals surface area contributed by atoms with E-state index in [1.165, 1.54) is 24.3 Å². The minimum atomic E-state index is -3.89. The van der Waals surface area contributed by atoms with Gasteiger partial charge in [-0.1, -0.05) is 33.3 Å². The second kappa shape index (κ2) is 8.95. The quantitative estimate of drug-likeness (QED) is 0.681. The average molecular weight is 432 g/mol. The molecule has 3 rings (SSSR count). The summed E-state index contributed by atoms with van der Waals surface area (Å²) in [6.07, 6.45) is 2.42.